The van der Waals surface area contributed by atoms with Crippen LogP contribution >= 0.6 is 0 Å². The highest BCUT2D eigenvalue weighted by Crippen LogP contribution is 2.45. The normalized spacial score (nSPS) is 16.5. The summed E-state index contributed by atoms with van der Waals surface area (Å²) in [5, 5.41) is 9.30. The van der Waals surface area contributed by atoms with Crippen molar-refractivity contribution in [1.82, 2.24) is 0 Å². The summed E-state index contributed by atoms with van der Waals surface area (Å²) in [4.78, 5) is 17.1. The Morgan fingerprint density at radius 2 is 1.88 bits per heavy atom. The van der Waals surface area contributed by atoms with Gasteiger partial charge in [-0.15, -0.1) is 0 Å². The van der Waals surface area contributed by atoms with E-state index in [1.807, 2.05) is 29.2 Å². The van der Waals surface area contributed by atoms with Crippen molar-refractivity contribution in [3.8, 4) is 0 Å². The van der Waals surface area contributed by atoms with Crippen molar-refractivity contribution in [3.63, 3.8) is 0 Å². The number of anilines is 3. The summed E-state index contributed by atoms with van der Waals surface area (Å²) in [6, 6.07) is 11.8. The molecule has 2 aliphatic rings. The fourth-order valence-corrected chi connectivity index (χ4v) is 4.17. The molecule has 1 N–H and O–H groups in total. The number of aryl methyl sites for hydroxylation is 1. The van der Waals surface area contributed by atoms with E-state index >= 15 is 0 Å². The first kappa shape index (κ1) is 16.9. The molecule has 2 aromatic carbocycles. The lowest BCUT2D eigenvalue weighted by molar-refractivity contribution is -0.117. The predicted molar refractivity (Wildman–Crippen MR) is 105 cm³/mol. The molecule has 0 bridgehead atoms. The highest BCUT2D eigenvalue weighted by atomic mass is 16.3. The van der Waals surface area contributed by atoms with E-state index in [2.05, 4.69) is 30.5 Å². The lowest BCUT2D eigenvalue weighted by Crippen LogP contribution is -2.25. The lowest BCUT2D eigenvalue weighted by atomic mass is 10.0. The monoisotopic (exact) mass is 348 g/mol. The van der Waals surface area contributed by atoms with Crippen molar-refractivity contribution in [2.45, 2.75) is 39.2 Å². The lowest BCUT2D eigenvalue weighted by Gasteiger charge is -2.29. The highest BCUT2D eigenvalue weighted by molar-refractivity contribution is 6.07. The molecule has 0 saturated heterocycles. The van der Waals surface area contributed by atoms with Crippen LogP contribution in [-0.4, -0.2) is 17.6 Å². The molecule has 134 valence electrons. The van der Waals surface area contributed by atoms with Crippen molar-refractivity contribution in [3.05, 3.63) is 65.4 Å². The summed E-state index contributed by atoms with van der Waals surface area (Å²) in [5.74, 6) is 0.0295. The van der Waals surface area contributed by atoms with Crippen LogP contribution in [-0.2, 0) is 24.2 Å². The summed E-state index contributed by atoms with van der Waals surface area (Å²) in [6.45, 7) is 7.11. The number of nitrogens with zero attached hydrogens (tertiary/aromatic N) is 2. The zero-order valence-electron chi connectivity index (χ0n) is 15.2. The molecule has 0 aromatic heterocycles. The Morgan fingerprint density at radius 3 is 2.58 bits per heavy atom. The number of benzene rings is 2. The second-order valence-corrected chi connectivity index (χ2v) is 6.97. The van der Waals surface area contributed by atoms with Crippen LogP contribution in [0.3, 0.4) is 0 Å². The van der Waals surface area contributed by atoms with Crippen LogP contribution < -0.4 is 9.80 Å². The van der Waals surface area contributed by atoms with Crippen LogP contribution in [0.15, 0.2) is 48.7 Å². The molecule has 0 spiro atoms. The number of hydrogen-bond acceptors (Lipinski definition) is 3. The third kappa shape index (κ3) is 2.61. The van der Waals surface area contributed by atoms with Crippen molar-refractivity contribution in [1.29, 1.82) is 0 Å². The fourth-order valence-electron chi connectivity index (χ4n) is 4.17. The molecule has 2 aromatic rings. The van der Waals surface area contributed by atoms with Crippen LogP contribution in [0.2, 0.25) is 0 Å². The first-order valence-electron chi connectivity index (χ1n) is 9.27. The van der Waals surface area contributed by atoms with E-state index in [0.29, 0.717) is 6.42 Å². The second kappa shape index (κ2) is 6.61. The fraction of sp³-hybridized carbons (Fsp3) is 0.318. The molecule has 0 saturated carbocycles. The summed E-state index contributed by atoms with van der Waals surface area (Å²) < 4.78 is 0. The maximum absolute atomic E-state index is 13.1. The third-order valence-corrected chi connectivity index (χ3v) is 5.42. The third-order valence-electron chi connectivity index (χ3n) is 5.42. The van der Waals surface area contributed by atoms with Gasteiger partial charge in [0.2, 0.25) is 5.91 Å². The van der Waals surface area contributed by atoms with Crippen LogP contribution in [0.4, 0.5) is 17.1 Å². The first-order chi connectivity index (χ1) is 12.6. The Kier molecular flexibility index (Phi) is 4.29. The van der Waals surface area contributed by atoms with E-state index in [9.17, 15) is 9.90 Å². The largest absolute Gasteiger partial charge is 0.392 e. The van der Waals surface area contributed by atoms with E-state index in [4.69, 9.17) is 0 Å². The summed E-state index contributed by atoms with van der Waals surface area (Å²) in [5.41, 5.74) is 7.35. The Hall–Kier alpha value is -2.59. The van der Waals surface area contributed by atoms with Crippen LogP contribution in [0, 0.1) is 0 Å². The summed E-state index contributed by atoms with van der Waals surface area (Å²) >= 11 is 0. The van der Waals surface area contributed by atoms with Crippen molar-refractivity contribution < 1.29 is 9.90 Å². The van der Waals surface area contributed by atoms with Gasteiger partial charge >= 0.3 is 0 Å². The molecule has 1 amide bonds. The Bertz CT molecular complexity index is 870. The number of carbonyl (C=O) groups is 1. The maximum Gasteiger partial charge on any atom is 0.237 e. The maximum atomic E-state index is 13.1. The number of hydrogen-bond donors (Lipinski definition) is 1. The number of rotatable bonds is 3. The van der Waals surface area contributed by atoms with Gasteiger partial charge in [0.1, 0.15) is 0 Å². The molecule has 0 unspecified atom stereocenters. The SMILES string of the molecule is C=C1CC(=O)N(c2ccc(CO)cc2)c2ccc3c(c2N1CC)CCC3. The minimum atomic E-state index is -0.00125. The summed E-state index contributed by atoms with van der Waals surface area (Å²) in [6.07, 6.45) is 3.62. The molecule has 4 heteroatoms. The van der Waals surface area contributed by atoms with Crippen LogP contribution in [0.1, 0.15) is 36.5 Å². The first-order valence-corrected chi connectivity index (χ1v) is 9.27. The summed E-state index contributed by atoms with van der Waals surface area (Å²) in [7, 11) is 0. The molecular weight excluding hydrogens is 324 g/mol. The zero-order chi connectivity index (χ0) is 18.3. The molecule has 26 heavy (non-hydrogen) atoms. The van der Waals surface area contributed by atoms with Gasteiger partial charge in [-0.1, -0.05) is 24.8 Å². The van der Waals surface area contributed by atoms with E-state index in [0.717, 1.165) is 54.1 Å². The molecule has 1 aliphatic carbocycles. The van der Waals surface area contributed by atoms with Crippen molar-refractivity contribution in [2.24, 2.45) is 0 Å². The van der Waals surface area contributed by atoms with Crippen molar-refractivity contribution >= 4 is 23.0 Å². The van der Waals surface area contributed by atoms with Gasteiger partial charge in [-0.05, 0) is 61.1 Å². The topological polar surface area (TPSA) is 43.8 Å². The van der Waals surface area contributed by atoms with Crippen LogP contribution in [0.5, 0.6) is 0 Å². The molecule has 0 fully saturated rings. The number of aliphatic hydroxyl groups excluding tert-OH is 1. The van der Waals surface area contributed by atoms with E-state index in [1.165, 1.54) is 11.1 Å². The smallest absolute Gasteiger partial charge is 0.237 e. The predicted octanol–water partition coefficient (Wildman–Crippen LogP) is 4.08. The Morgan fingerprint density at radius 1 is 1.12 bits per heavy atom. The molecule has 1 heterocycles. The molecular formula is C22H24N2O2. The van der Waals surface area contributed by atoms with Gasteiger partial charge in [-0.25, -0.2) is 0 Å². The van der Waals surface area contributed by atoms with Gasteiger partial charge in [0.15, 0.2) is 0 Å². The van der Waals surface area contributed by atoms with Gasteiger partial charge < -0.3 is 10.0 Å². The van der Waals surface area contributed by atoms with Gasteiger partial charge in [0, 0.05) is 17.9 Å². The van der Waals surface area contributed by atoms with Gasteiger partial charge in [-0.2, -0.15) is 0 Å². The number of aliphatic hydroxyl groups is 1. The van der Waals surface area contributed by atoms with Gasteiger partial charge in [-0.3, -0.25) is 9.69 Å². The Balaban J connectivity index is 1.92. The van der Waals surface area contributed by atoms with E-state index in [1.54, 1.807) is 0 Å². The average molecular weight is 348 g/mol. The molecule has 4 rings (SSSR count). The van der Waals surface area contributed by atoms with E-state index in [-0.39, 0.29) is 12.5 Å². The molecule has 1 aliphatic heterocycles. The quantitative estimate of drug-likeness (QED) is 0.909. The van der Waals surface area contributed by atoms with Crippen molar-refractivity contribution in [2.75, 3.05) is 16.3 Å². The molecule has 0 radical (unpaired) electrons. The van der Waals surface area contributed by atoms with E-state index < -0.39 is 0 Å². The molecule has 4 nitrogen and oxygen atoms in total. The minimum Gasteiger partial charge on any atom is -0.392 e. The number of carbonyl (C=O) groups excluding carboxylic acids is 1. The Labute approximate surface area is 154 Å². The zero-order valence-corrected chi connectivity index (χ0v) is 15.2. The number of fused-ring (bicyclic) bond motifs is 3. The highest BCUT2D eigenvalue weighted by Gasteiger charge is 2.32. The van der Waals surface area contributed by atoms with Crippen LogP contribution in [0.25, 0.3) is 0 Å². The molecule has 0 atom stereocenters. The van der Waals surface area contributed by atoms with Gasteiger partial charge in [0.25, 0.3) is 0 Å². The standard InChI is InChI=1S/C22H24N2O2/c1-3-23-15(2)13-21(26)24(18-10-7-16(14-25)8-11-18)20-12-9-17-5-4-6-19(17)22(20)23/h7-12,25H,2-6,13-14H2,1H3. The average Bonchev–Trinajstić information content (AvgIpc) is 3.09. The minimum absolute atomic E-state index is 0.00125. The van der Waals surface area contributed by atoms with Gasteiger partial charge in [0.05, 0.1) is 24.4 Å². The second-order valence-electron chi connectivity index (χ2n) is 6.97. The number of amides is 1.